The molecule has 0 unspecified atom stereocenters. The molecule has 0 aliphatic heterocycles. The Morgan fingerprint density at radius 1 is 1.56 bits per heavy atom. The lowest BCUT2D eigenvalue weighted by Gasteiger charge is -2.05. The molecular formula is C12H13NO4S. The number of aryl methyl sites for hydroxylation is 1. The number of thioether (sulfide) groups is 1. The van der Waals surface area contributed by atoms with Gasteiger partial charge in [0.2, 0.25) is 0 Å². The van der Waals surface area contributed by atoms with Gasteiger partial charge in [0.25, 0.3) is 5.69 Å². The van der Waals surface area contributed by atoms with Crippen LogP contribution in [0.2, 0.25) is 0 Å². The lowest BCUT2D eigenvalue weighted by atomic mass is 10.2. The maximum absolute atomic E-state index is 11.0. The average Bonchev–Trinajstić information content (AvgIpc) is 2.30. The Hall–Kier alpha value is -1.82. The van der Waals surface area contributed by atoms with Crippen LogP contribution in [0.5, 0.6) is 0 Å². The number of benzene rings is 1. The molecule has 0 fully saturated rings. The summed E-state index contributed by atoms with van der Waals surface area (Å²) in [5.41, 5.74) is 0.776. The molecule has 5 nitrogen and oxygen atoms in total. The first kappa shape index (κ1) is 14.2. The highest BCUT2D eigenvalue weighted by Crippen LogP contribution is 2.32. The molecule has 18 heavy (non-hydrogen) atoms. The number of nitrogens with zero attached hydrogens (tertiary/aromatic N) is 1. The average molecular weight is 267 g/mol. The van der Waals surface area contributed by atoms with Crippen LogP contribution in [0, 0.1) is 17.0 Å². The SMILES string of the molecule is CC/C=C(\Sc1cc([N+](=O)[O-])ccc1C)C(=O)O. The van der Waals surface area contributed by atoms with E-state index in [1.807, 2.05) is 6.92 Å². The van der Waals surface area contributed by atoms with Crippen molar-refractivity contribution in [2.75, 3.05) is 0 Å². The molecule has 6 heteroatoms. The van der Waals surface area contributed by atoms with Gasteiger partial charge in [-0.15, -0.1) is 0 Å². The van der Waals surface area contributed by atoms with Crippen molar-refractivity contribution in [3.63, 3.8) is 0 Å². The van der Waals surface area contributed by atoms with Crippen molar-refractivity contribution in [1.29, 1.82) is 0 Å². The van der Waals surface area contributed by atoms with Crippen LogP contribution in [0.1, 0.15) is 18.9 Å². The number of hydrogen-bond donors (Lipinski definition) is 1. The van der Waals surface area contributed by atoms with E-state index in [1.165, 1.54) is 12.1 Å². The Morgan fingerprint density at radius 3 is 2.72 bits per heavy atom. The Bertz CT molecular complexity index is 511. The highest BCUT2D eigenvalue weighted by molar-refractivity contribution is 8.04. The molecule has 1 aromatic carbocycles. The largest absolute Gasteiger partial charge is 0.477 e. The molecule has 0 aliphatic carbocycles. The van der Waals surface area contributed by atoms with Crippen molar-refractivity contribution < 1.29 is 14.8 Å². The number of carboxylic acid groups (broad SMARTS) is 1. The molecule has 1 N–H and O–H groups in total. The van der Waals surface area contributed by atoms with E-state index in [1.54, 1.807) is 19.1 Å². The molecule has 0 spiro atoms. The maximum Gasteiger partial charge on any atom is 0.342 e. The van der Waals surface area contributed by atoms with Gasteiger partial charge in [-0.2, -0.15) is 0 Å². The predicted molar refractivity (Wildman–Crippen MR) is 69.7 cm³/mol. The van der Waals surface area contributed by atoms with Crippen molar-refractivity contribution in [3.8, 4) is 0 Å². The highest BCUT2D eigenvalue weighted by Gasteiger charge is 2.14. The fraction of sp³-hybridized carbons (Fsp3) is 0.250. The van der Waals surface area contributed by atoms with Crippen LogP contribution in [0.3, 0.4) is 0 Å². The van der Waals surface area contributed by atoms with E-state index in [0.717, 1.165) is 17.3 Å². The van der Waals surface area contributed by atoms with E-state index in [9.17, 15) is 14.9 Å². The third-order valence-electron chi connectivity index (χ3n) is 2.20. The van der Waals surface area contributed by atoms with Crippen LogP contribution in [0.4, 0.5) is 5.69 Å². The standard InChI is InChI=1S/C12H13NO4S/c1-3-4-10(12(14)15)18-11-7-9(13(16)17)6-5-8(11)2/h4-7H,3H2,1-2H3,(H,14,15)/b10-4-. The van der Waals surface area contributed by atoms with Gasteiger partial charge in [0.05, 0.1) is 9.83 Å². The summed E-state index contributed by atoms with van der Waals surface area (Å²) in [7, 11) is 0. The van der Waals surface area contributed by atoms with E-state index in [2.05, 4.69) is 0 Å². The summed E-state index contributed by atoms with van der Waals surface area (Å²) in [6, 6.07) is 4.42. The van der Waals surface area contributed by atoms with Crippen molar-refractivity contribution in [1.82, 2.24) is 0 Å². The molecule has 1 aromatic rings. The Morgan fingerprint density at radius 2 is 2.22 bits per heavy atom. The van der Waals surface area contributed by atoms with Gasteiger partial charge in [0.15, 0.2) is 0 Å². The maximum atomic E-state index is 11.0. The second-order valence-electron chi connectivity index (χ2n) is 3.59. The third-order valence-corrected chi connectivity index (χ3v) is 3.42. The fourth-order valence-electron chi connectivity index (χ4n) is 1.29. The van der Waals surface area contributed by atoms with E-state index in [4.69, 9.17) is 5.11 Å². The summed E-state index contributed by atoms with van der Waals surface area (Å²) in [5.74, 6) is -1.02. The van der Waals surface area contributed by atoms with Gasteiger partial charge in [-0.1, -0.05) is 30.8 Å². The van der Waals surface area contributed by atoms with Gasteiger partial charge in [-0.05, 0) is 18.9 Å². The van der Waals surface area contributed by atoms with E-state index in [0.29, 0.717) is 11.3 Å². The smallest absolute Gasteiger partial charge is 0.342 e. The minimum atomic E-state index is -1.02. The summed E-state index contributed by atoms with van der Waals surface area (Å²) in [6.45, 7) is 3.63. The lowest BCUT2D eigenvalue weighted by Crippen LogP contribution is -1.97. The third kappa shape index (κ3) is 3.59. The van der Waals surface area contributed by atoms with E-state index >= 15 is 0 Å². The number of nitro benzene ring substituents is 1. The first-order chi connectivity index (χ1) is 8.45. The molecule has 1 rings (SSSR count). The summed E-state index contributed by atoms with van der Waals surface area (Å²) < 4.78 is 0. The van der Waals surface area contributed by atoms with Gasteiger partial charge < -0.3 is 5.11 Å². The lowest BCUT2D eigenvalue weighted by molar-refractivity contribution is -0.385. The van der Waals surface area contributed by atoms with Crippen molar-refractivity contribution >= 4 is 23.4 Å². The zero-order chi connectivity index (χ0) is 13.7. The molecule has 0 aromatic heterocycles. The van der Waals surface area contributed by atoms with Crippen molar-refractivity contribution in [2.45, 2.75) is 25.2 Å². The predicted octanol–water partition coefficient (Wildman–Crippen LogP) is 3.37. The number of nitro groups is 1. The van der Waals surface area contributed by atoms with Crippen LogP contribution in [0.15, 0.2) is 34.1 Å². The molecule has 96 valence electrons. The molecular weight excluding hydrogens is 254 g/mol. The van der Waals surface area contributed by atoms with E-state index in [-0.39, 0.29) is 10.6 Å². The van der Waals surface area contributed by atoms with Crippen LogP contribution in [-0.2, 0) is 4.79 Å². The normalized spacial score (nSPS) is 11.3. The van der Waals surface area contributed by atoms with Crippen LogP contribution < -0.4 is 0 Å². The van der Waals surface area contributed by atoms with Gasteiger partial charge in [-0.25, -0.2) is 4.79 Å². The summed E-state index contributed by atoms with van der Waals surface area (Å²) in [5, 5.41) is 19.7. The number of carboxylic acids is 1. The summed E-state index contributed by atoms with van der Waals surface area (Å²) >= 11 is 1.04. The van der Waals surface area contributed by atoms with Crippen molar-refractivity contribution in [2.24, 2.45) is 0 Å². The fourth-order valence-corrected chi connectivity index (χ4v) is 2.27. The highest BCUT2D eigenvalue weighted by atomic mass is 32.2. The van der Waals surface area contributed by atoms with Gasteiger partial charge in [0, 0.05) is 17.0 Å². The van der Waals surface area contributed by atoms with Gasteiger partial charge in [0.1, 0.15) is 0 Å². The first-order valence-corrected chi connectivity index (χ1v) is 6.13. The molecule has 0 atom stereocenters. The van der Waals surface area contributed by atoms with Crippen molar-refractivity contribution in [3.05, 3.63) is 44.9 Å². The van der Waals surface area contributed by atoms with E-state index < -0.39 is 10.9 Å². The van der Waals surface area contributed by atoms with Crippen LogP contribution >= 0.6 is 11.8 Å². The number of carbonyl (C=O) groups is 1. The second-order valence-corrected chi connectivity index (χ2v) is 4.67. The monoisotopic (exact) mass is 267 g/mol. The zero-order valence-corrected chi connectivity index (χ0v) is 10.9. The quantitative estimate of drug-likeness (QED) is 0.383. The Kier molecular flexibility index (Phi) is 4.91. The molecule has 0 saturated heterocycles. The topological polar surface area (TPSA) is 80.4 Å². The first-order valence-electron chi connectivity index (χ1n) is 5.32. The molecule has 0 bridgehead atoms. The molecule has 0 radical (unpaired) electrons. The molecule has 0 aliphatic rings. The Balaban J connectivity index is 3.09. The Labute approximate surface area is 109 Å². The number of aliphatic carboxylic acids is 1. The second kappa shape index (κ2) is 6.20. The summed E-state index contributed by atoms with van der Waals surface area (Å²) in [4.78, 5) is 22.0. The van der Waals surface area contributed by atoms with Gasteiger partial charge >= 0.3 is 5.97 Å². The zero-order valence-electron chi connectivity index (χ0n) is 10.0. The summed E-state index contributed by atoms with van der Waals surface area (Å²) in [6.07, 6.45) is 2.19. The van der Waals surface area contributed by atoms with Crippen LogP contribution in [0.25, 0.3) is 0 Å². The molecule has 0 heterocycles. The minimum absolute atomic E-state index is 0.0377. The number of hydrogen-bond acceptors (Lipinski definition) is 4. The minimum Gasteiger partial charge on any atom is -0.477 e. The molecule has 0 amide bonds. The number of non-ortho nitro benzene ring substituents is 1. The number of rotatable bonds is 5. The van der Waals surface area contributed by atoms with Gasteiger partial charge in [-0.3, -0.25) is 10.1 Å². The molecule has 0 saturated carbocycles. The number of allylic oxidation sites excluding steroid dienone is 1. The van der Waals surface area contributed by atoms with Crippen LogP contribution in [-0.4, -0.2) is 16.0 Å².